The summed E-state index contributed by atoms with van der Waals surface area (Å²) in [7, 11) is 0.0648. The van der Waals surface area contributed by atoms with Crippen LogP contribution in [0.1, 0.15) is 18.4 Å². The maximum atomic E-state index is 12.6. The highest BCUT2D eigenvalue weighted by Gasteiger charge is 2.27. The molecule has 1 aromatic carbocycles. The van der Waals surface area contributed by atoms with Gasteiger partial charge in [0.15, 0.2) is 0 Å². The van der Waals surface area contributed by atoms with Gasteiger partial charge in [0.2, 0.25) is 0 Å². The molecule has 20 heavy (non-hydrogen) atoms. The molecule has 1 aliphatic heterocycles. The van der Waals surface area contributed by atoms with Gasteiger partial charge in [-0.2, -0.15) is 0 Å². The molecule has 0 saturated heterocycles. The van der Waals surface area contributed by atoms with Crippen LogP contribution in [-0.2, 0) is 25.1 Å². The molecule has 1 aliphatic rings. The van der Waals surface area contributed by atoms with Crippen LogP contribution in [0.15, 0.2) is 40.3 Å². The average Bonchev–Trinajstić information content (AvgIpc) is 2.48. The zero-order valence-corrected chi connectivity index (χ0v) is 12.4. The summed E-state index contributed by atoms with van der Waals surface area (Å²) in [6.45, 7) is 2.52. The number of rotatable bonds is 4. The van der Waals surface area contributed by atoms with Crippen LogP contribution in [0.5, 0.6) is 0 Å². The molecule has 0 bridgehead atoms. The molecule has 0 fully saturated rings. The number of aryl methyl sites for hydroxylation is 1. The predicted molar refractivity (Wildman–Crippen MR) is 76.4 cm³/mol. The first-order valence-electron chi connectivity index (χ1n) is 6.48. The zero-order chi connectivity index (χ0) is 14.5. The quantitative estimate of drug-likeness (QED) is 0.801. The van der Waals surface area contributed by atoms with Gasteiger partial charge in [-0.25, -0.2) is 4.21 Å². The van der Waals surface area contributed by atoms with Crippen molar-refractivity contribution < 1.29 is 18.5 Å². The fraction of sp³-hybridized carbons (Fsp3) is 0.400. The predicted octanol–water partition coefficient (Wildman–Crippen LogP) is 2.54. The normalized spacial score (nSPS) is 19.7. The molecule has 0 unspecified atom stereocenters. The fourth-order valence-corrected chi connectivity index (χ4v) is 3.38. The summed E-state index contributed by atoms with van der Waals surface area (Å²) >= 11 is 0. The maximum Gasteiger partial charge on any atom is 0.306 e. The van der Waals surface area contributed by atoms with Crippen LogP contribution in [0.3, 0.4) is 0 Å². The van der Waals surface area contributed by atoms with Crippen molar-refractivity contribution in [3.63, 3.8) is 0 Å². The summed E-state index contributed by atoms with van der Waals surface area (Å²) in [4.78, 5) is 12.8. The Kier molecular flexibility index (Phi) is 4.95. The number of benzene rings is 1. The third-order valence-electron chi connectivity index (χ3n) is 3.28. The molecule has 1 aromatic rings. The third kappa shape index (κ3) is 3.48. The lowest BCUT2D eigenvalue weighted by atomic mass is 10.0. The van der Waals surface area contributed by atoms with Gasteiger partial charge in [-0.15, -0.1) is 0 Å². The van der Waals surface area contributed by atoms with Gasteiger partial charge in [0.05, 0.1) is 42.1 Å². The first-order valence-corrected chi connectivity index (χ1v) is 7.63. The van der Waals surface area contributed by atoms with Gasteiger partial charge in [0.25, 0.3) is 0 Å². The van der Waals surface area contributed by atoms with E-state index in [9.17, 15) is 9.00 Å². The summed E-state index contributed by atoms with van der Waals surface area (Å²) in [6.07, 6.45) is 2.45. The fourth-order valence-electron chi connectivity index (χ4n) is 2.07. The Bertz CT molecular complexity index is 533. The van der Waals surface area contributed by atoms with Gasteiger partial charge in [0.1, 0.15) is 0 Å². The molecule has 4 nitrogen and oxygen atoms in total. The molecule has 0 aromatic heterocycles. The van der Waals surface area contributed by atoms with Crippen LogP contribution in [0.25, 0.3) is 0 Å². The standard InChI is InChI=1S/C15H18O4S/c1-11-3-5-13(6-4-11)20(17)14-10-19-8-7-12(14)9-15(16)18-2/h3-6,10,12H,7-9H2,1-2H3/t12-,20-/m0/s1. The molecule has 1 heterocycles. The Morgan fingerprint density at radius 2 is 2.10 bits per heavy atom. The number of ether oxygens (including phenoxy) is 2. The molecule has 0 spiro atoms. The molecule has 2 rings (SSSR count). The number of carbonyl (C=O) groups excluding carboxylic acids is 1. The lowest BCUT2D eigenvalue weighted by Gasteiger charge is -2.23. The van der Waals surface area contributed by atoms with E-state index in [-0.39, 0.29) is 18.3 Å². The van der Waals surface area contributed by atoms with E-state index < -0.39 is 10.8 Å². The minimum Gasteiger partial charge on any atom is -0.500 e. The third-order valence-corrected chi connectivity index (χ3v) is 4.83. The van der Waals surface area contributed by atoms with Crippen LogP contribution in [0.2, 0.25) is 0 Å². The minimum absolute atomic E-state index is 0.0849. The van der Waals surface area contributed by atoms with Crippen molar-refractivity contribution in [3.05, 3.63) is 41.0 Å². The van der Waals surface area contributed by atoms with E-state index in [1.807, 2.05) is 31.2 Å². The van der Waals surface area contributed by atoms with Gasteiger partial charge in [0, 0.05) is 10.8 Å². The van der Waals surface area contributed by atoms with Crippen LogP contribution >= 0.6 is 0 Å². The summed E-state index contributed by atoms with van der Waals surface area (Å²) in [6, 6.07) is 7.53. The Balaban J connectivity index is 2.19. The molecular formula is C15H18O4S. The first kappa shape index (κ1) is 14.8. The van der Waals surface area contributed by atoms with Gasteiger partial charge in [-0.05, 0) is 25.5 Å². The highest BCUT2D eigenvalue weighted by atomic mass is 32.2. The van der Waals surface area contributed by atoms with E-state index in [4.69, 9.17) is 9.47 Å². The van der Waals surface area contributed by atoms with Crippen molar-refractivity contribution in [2.75, 3.05) is 13.7 Å². The Labute approximate surface area is 121 Å². The van der Waals surface area contributed by atoms with Gasteiger partial charge < -0.3 is 9.47 Å². The number of allylic oxidation sites excluding steroid dienone is 1. The number of methoxy groups -OCH3 is 1. The minimum atomic E-state index is -1.30. The van der Waals surface area contributed by atoms with E-state index in [1.165, 1.54) is 13.4 Å². The van der Waals surface area contributed by atoms with Gasteiger partial charge in [-0.3, -0.25) is 4.79 Å². The Morgan fingerprint density at radius 3 is 2.75 bits per heavy atom. The second-order valence-electron chi connectivity index (χ2n) is 4.74. The highest BCUT2D eigenvalue weighted by molar-refractivity contribution is 7.89. The highest BCUT2D eigenvalue weighted by Crippen LogP contribution is 2.30. The summed E-state index contributed by atoms with van der Waals surface area (Å²) < 4.78 is 22.6. The SMILES string of the molecule is COC(=O)C[C@@H]1CCOC=C1[S@@](=O)c1ccc(C)cc1. The van der Waals surface area contributed by atoms with Crippen molar-refractivity contribution >= 4 is 16.8 Å². The van der Waals surface area contributed by atoms with Crippen LogP contribution in [-0.4, -0.2) is 23.9 Å². The van der Waals surface area contributed by atoms with E-state index >= 15 is 0 Å². The molecule has 5 heteroatoms. The van der Waals surface area contributed by atoms with Crippen molar-refractivity contribution in [1.82, 2.24) is 0 Å². The van der Waals surface area contributed by atoms with Crippen LogP contribution in [0, 0.1) is 12.8 Å². The lowest BCUT2D eigenvalue weighted by Crippen LogP contribution is -2.20. The molecule has 0 radical (unpaired) electrons. The number of esters is 1. The zero-order valence-electron chi connectivity index (χ0n) is 11.6. The molecule has 108 valence electrons. The molecule has 0 saturated carbocycles. The Morgan fingerprint density at radius 1 is 1.40 bits per heavy atom. The van der Waals surface area contributed by atoms with Crippen LogP contribution < -0.4 is 0 Å². The smallest absolute Gasteiger partial charge is 0.306 e. The molecular weight excluding hydrogens is 276 g/mol. The molecule has 2 atom stereocenters. The first-order chi connectivity index (χ1) is 9.61. The second kappa shape index (κ2) is 6.70. The number of hydrogen-bond donors (Lipinski definition) is 0. The van der Waals surface area contributed by atoms with Crippen molar-refractivity contribution in [3.8, 4) is 0 Å². The average molecular weight is 294 g/mol. The van der Waals surface area contributed by atoms with Crippen molar-refractivity contribution in [1.29, 1.82) is 0 Å². The van der Waals surface area contributed by atoms with E-state index in [0.29, 0.717) is 17.9 Å². The lowest BCUT2D eigenvalue weighted by molar-refractivity contribution is -0.141. The molecule has 0 amide bonds. The molecule has 0 aliphatic carbocycles. The van der Waals surface area contributed by atoms with Crippen LogP contribution in [0.4, 0.5) is 0 Å². The monoisotopic (exact) mass is 294 g/mol. The van der Waals surface area contributed by atoms with Crippen molar-refractivity contribution in [2.24, 2.45) is 5.92 Å². The van der Waals surface area contributed by atoms with E-state index in [1.54, 1.807) is 0 Å². The van der Waals surface area contributed by atoms with Crippen molar-refractivity contribution in [2.45, 2.75) is 24.7 Å². The summed E-state index contributed by atoms with van der Waals surface area (Å²) in [5.41, 5.74) is 1.12. The molecule has 0 N–H and O–H groups in total. The largest absolute Gasteiger partial charge is 0.500 e. The Hall–Kier alpha value is -1.62. The number of carbonyl (C=O) groups is 1. The van der Waals surface area contributed by atoms with E-state index in [2.05, 4.69) is 0 Å². The summed E-state index contributed by atoms with van der Waals surface area (Å²) in [5.74, 6) is -0.373. The summed E-state index contributed by atoms with van der Waals surface area (Å²) in [5, 5.41) is 0. The maximum absolute atomic E-state index is 12.6. The topological polar surface area (TPSA) is 52.6 Å². The van der Waals surface area contributed by atoms with Gasteiger partial charge >= 0.3 is 5.97 Å². The second-order valence-corrected chi connectivity index (χ2v) is 6.22. The van der Waals surface area contributed by atoms with Gasteiger partial charge in [-0.1, -0.05) is 17.7 Å². The van der Waals surface area contributed by atoms with E-state index in [0.717, 1.165) is 10.5 Å². The number of hydrogen-bond acceptors (Lipinski definition) is 4.